The number of hydrogen-bond donors (Lipinski definition) is 0. The van der Waals surface area contributed by atoms with Crippen molar-refractivity contribution >= 4 is 38.5 Å². The van der Waals surface area contributed by atoms with Crippen LogP contribution in [0, 0.1) is 6.92 Å². The van der Waals surface area contributed by atoms with Gasteiger partial charge in [0.25, 0.3) is 0 Å². The van der Waals surface area contributed by atoms with Crippen molar-refractivity contribution in [3.63, 3.8) is 0 Å². The molecule has 0 aliphatic carbocycles. The van der Waals surface area contributed by atoms with Crippen LogP contribution in [0.3, 0.4) is 0 Å². The summed E-state index contributed by atoms with van der Waals surface area (Å²) in [5.41, 5.74) is 1.04. The Balaban J connectivity index is 1.59. The molecule has 140 valence electrons. The van der Waals surface area contributed by atoms with Crippen molar-refractivity contribution in [2.24, 2.45) is 0 Å². The van der Waals surface area contributed by atoms with E-state index in [0.717, 1.165) is 37.9 Å². The van der Waals surface area contributed by atoms with Crippen molar-refractivity contribution in [3.8, 4) is 11.5 Å². The van der Waals surface area contributed by atoms with Gasteiger partial charge in [-0.25, -0.2) is 4.79 Å². The van der Waals surface area contributed by atoms with E-state index in [0.29, 0.717) is 11.5 Å². The molecule has 0 saturated heterocycles. The maximum Gasteiger partial charge on any atom is 0.519 e. The molecule has 0 aromatic heterocycles. The Morgan fingerprint density at radius 2 is 1.31 bits per heavy atom. The van der Waals surface area contributed by atoms with Crippen LogP contribution in [0.4, 0.5) is 4.79 Å². The van der Waals surface area contributed by atoms with E-state index < -0.39 is 6.16 Å². The van der Waals surface area contributed by atoms with Crippen molar-refractivity contribution in [1.82, 2.24) is 0 Å². The number of rotatable bonds is 2. The van der Waals surface area contributed by atoms with E-state index in [9.17, 15) is 4.79 Å². The first-order chi connectivity index (χ1) is 14.2. The van der Waals surface area contributed by atoms with Gasteiger partial charge < -0.3 is 9.47 Å². The fourth-order valence-corrected chi connectivity index (χ4v) is 3.84. The SMILES string of the molecule is Cc1cccc2cc3ccccc3c(OC(=O)Oc3cccc4ccccc34)c12. The zero-order valence-electron chi connectivity index (χ0n) is 15.9. The molecule has 0 heterocycles. The number of ether oxygens (including phenoxy) is 2. The van der Waals surface area contributed by atoms with Crippen LogP contribution in [0.15, 0.2) is 91.0 Å². The summed E-state index contributed by atoms with van der Waals surface area (Å²) < 4.78 is 11.4. The molecule has 5 aromatic carbocycles. The van der Waals surface area contributed by atoms with Crippen molar-refractivity contribution in [2.45, 2.75) is 6.92 Å². The highest BCUT2D eigenvalue weighted by molar-refractivity contribution is 6.07. The molecular formula is C26H18O3. The zero-order valence-corrected chi connectivity index (χ0v) is 15.9. The highest BCUT2D eigenvalue weighted by Gasteiger charge is 2.17. The molecule has 0 spiro atoms. The summed E-state index contributed by atoms with van der Waals surface area (Å²) in [7, 11) is 0. The number of hydrogen-bond acceptors (Lipinski definition) is 3. The van der Waals surface area contributed by atoms with E-state index in [4.69, 9.17) is 9.47 Å². The monoisotopic (exact) mass is 378 g/mol. The summed E-state index contributed by atoms with van der Waals surface area (Å²) in [5.74, 6) is 1.01. The molecule has 0 unspecified atom stereocenters. The van der Waals surface area contributed by atoms with Crippen molar-refractivity contribution in [3.05, 3.63) is 96.6 Å². The summed E-state index contributed by atoms with van der Waals surface area (Å²) in [6, 6.07) is 29.4. The lowest BCUT2D eigenvalue weighted by Crippen LogP contribution is -2.14. The molecule has 0 amide bonds. The largest absolute Gasteiger partial charge is 0.519 e. The molecule has 0 N–H and O–H groups in total. The van der Waals surface area contributed by atoms with E-state index in [2.05, 4.69) is 6.07 Å². The Bertz CT molecular complexity index is 1380. The van der Waals surface area contributed by atoms with Gasteiger partial charge in [-0.05, 0) is 40.8 Å². The highest BCUT2D eigenvalue weighted by Crippen LogP contribution is 2.37. The van der Waals surface area contributed by atoms with Crippen LogP contribution >= 0.6 is 0 Å². The lowest BCUT2D eigenvalue weighted by molar-refractivity contribution is 0.153. The topological polar surface area (TPSA) is 35.5 Å². The molecule has 0 aliphatic rings. The van der Waals surface area contributed by atoms with Crippen LogP contribution in [0.25, 0.3) is 32.3 Å². The predicted octanol–water partition coefficient (Wildman–Crippen LogP) is 7.03. The Hall–Kier alpha value is -3.85. The van der Waals surface area contributed by atoms with Gasteiger partial charge in [-0.1, -0.05) is 78.9 Å². The number of aryl methyl sites for hydroxylation is 1. The van der Waals surface area contributed by atoms with Gasteiger partial charge in [0.2, 0.25) is 0 Å². The first-order valence-corrected chi connectivity index (χ1v) is 9.49. The van der Waals surface area contributed by atoms with Gasteiger partial charge in [-0.15, -0.1) is 0 Å². The normalized spacial score (nSPS) is 11.1. The Kier molecular flexibility index (Phi) is 4.14. The third-order valence-corrected chi connectivity index (χ3v) is 5.18. The second-order valence-corrected chi connectivity index (χ2v) is 7.03. The first kappa shape index (κ1) is 17.3. The summed E-state index contributed by atoms with van der Waals surface area (Å²) in [6.07, 6.45) is -0.748. The van der Waals surface area contributed by atoms with Gasteiger partial charge in [-0.2, -0.15) is 0 Å². The third-order valence-electron chi connectivity index (χ3n) is 5.18. The molecule has 0 aliphatic heterocycles. The van der Waals surface area contributed by atoms with Crippen molar-refractivity contribution in [1.29, 1.82) is 0 Å². The summed E-state index contributed by atoms with van der Waals surface area (Å²) in [5, 5.41) is 5.70. The van der Waals surface area contributed by atoms with Gasteiger partial charge in [0, 0.05) is 16.2 Å². The fraction of sp³-hybridized carbons (Fsp3) is 0.0385. The second-order valence-electron chi connectivity index (χ2n) is 7.03. The van der Waals surface area contributed by atoms with E-state index in [1.54, 1.807) is 6.07 Å². The molecule has 0 fully saturated rings. The maximum absolute atomic E-state index is 12.8. The van der Waals surface area contributed by atoms with Crippen LogP contribution in [-0.4, -0.2) is 6.16 Å². The quantitative estimate of drug-likeness (QED) is 0.188. The summed E-state index contributed by atoms with van der Waals surface area (Å²) >= 11 is 0. The molecule has 0 saturated carbocycles. The smallest absolute Gasteiger partial charge is 0.394 e. The van der Waals surface area contributed by atoms with Crippen molar-refractivity contribution < 1.29 is 14.3 Å². The summed E-state index contributed by atoms with van der Waals surface area (Å²) in [6.45, 7) is 2.01. The van der Waals surface area contributed by atoms with Crippen LogP contribution in [0.5, 0.6) is 11.5 Å². The van der Waals surface area contributed by atoms with Crippen LogP contribution in [-0.2, 0) is 0 Å². The van der Waals surface area contributed by atoms with E-state index in [1.165, 1.54) is 0 Å². The Labute approximate surface area is 168 Å². The molecule has 5 aromatic rings. The van der Waals surface area contributed by atoms with Gasteiger partial charge in [0.1, 0.15) is 11.5 Å². The highest BCUT2D eigenvalue weighted by atomic mass is 16.7. The number of carbonyl (C=O) groups is 1. The lowest BCUT2D eigenvalue weighted by atomic mass is 9.99. The summed E-state index contributed by atoms with van der Waals surface area (Å²) in [4.78, 5) is 12.8. The van der Waals surface area contributed by atoms with Crippen LogP contribution < -0.4 is 9.47 Å². The first-order valence-electron chi connectivity index (χ1n) is 9.49. The molecule has 3 nitrogen and oxygen atoms in total. The molecule has 29 heavy (non-hydrogen) atoms. The predicted molar refractivity (Wildman–Crippen MR) is 117 cm³/mol. The second kappa shape index (κ2) is 6.95. The average Bonchev–Trinajstić information content (AvgIpc) is 2.74. The van der Waals surface area contributed by atoms with Gasteiger partial charge in [-0.3, -0.25) is 0 Å². The minimum Gasteiger partial charge on any atom is -0.394 e. The third kappa shape index (κ3) is 3.07. The Morgan fingerprint density at radius 1 is 0.655 bits per heavy atom. The van der Waals surface area contributed by atoms with Crippen molar-refractivity contribution in [2.75, 3.05) is 0 Å². The number of fused-ring (bicyclic) bond motifs is 3. The Morgan fingerprint density at radius 3 is 2.17 bits per heavy atom. The molecule has 5 rings (SSSR count). The fourth-order valence-electron chi connectivity index (χ4n) is 3.84. The van der Waals surface area contributed by atoms with Crippen LogP contribution in [0.1, 0.15) is 5.56 Å². The molecular weight excluding hydrogens is 360 g/mol. The van der Waals surface area contributed by atoms with E-state index >= 15 is 0 Å². The van der Waals surface area contributed by atoms with E-state index in [-0.39, 0.29) is 0 Å². The van der Waals surface area contributed by atoms with Gasteiger partial charge >= 0.3 is 6.16 Å². The standard InChI is InChI=1S/C26H18O3/c1-17-8-6-12-20-16-19-10-3-5-14-22(19)25(24(17)20)29-26(27)28-23-15-7-11-18-9-2-4-13-21(18)23/h2-16H,1H3. The molecule has 0 bridgehead atoms. The zero-order chi connectivity index (χ0) is 19.8. The molecule has 3 heteroatoms. The lowest BCUT2D eigenvalue weighted by Gasteiger charge is -2.14. The number of benzene rings is 5. The van der Waals surface area contributed by atoms with Gasteiger partial charge in [0.15, 0.2) is 0 Å². The van der Waals surface area contributed by atoms with Gasteiger partial charge in [0.05, 0.1) is 0 Å². The van der Waals surface area contributed by atoms with Crippen LogP contribution in [0.2, 0.25) is 0 Å². The molecule has 0 radical (unpaired) electrons. The minimum absolute atomic E-state index is 0.481. The number of carbonyl (C=O) groups excluding carboxylic acids is 1. The molecule has 0 atom stereocenters. The average molecular weight is 378 g/mol. The minimum atomic E-state index is -0.748. The maximum atomic E-state index is 12.8. The van der Waals surface area contributed by atoms with E-state index in [1.807, 2.05) is 85.8 Å².